The van der Waals surface area contributed by atoms with E-state index in [1.807, 2.05) is 48.5 Å². The molecule has 0 radical (unpaired) electrons. The van der Waals surface area contributed by atoms with Crippen molar-refractivity contribution in [1.82, 2.24) is 24.6 Å². The molecule has 6 rings (SSSR count). The van der Waals surface area contributed by atoms with Gasteiger partial charge in [0.1, 0.15) is 5.39 Å². The van der Waals surface area contributed by atoms with Crippen LogP contribution in [0.3, 0.4) is 0 Å². The summed E-state index contributed by atoms with van der Waals surface area (Å²) in [6.45, 7) is 0.586. The zero-order chi connectivity index (χ0) is 22.4. The molecule has 1 atom stereocenters. The van der Waals surface area contributed by atoms with Crippen LogP contribution in [0.1, 0.15) is 18.0 Å². The van der Waals surface area contributed by atoms with Gasteiger partial charge in [-0.15, -0.1) is 0 Å². The summed E-state index contributed by atoms with van der Waals surface area (Å²) in [5, 5.41) is 8.36. The molecule has 1 N–H and O–H groups in total. The van der Waals surface area contributed by atoms with Crippen molar-refractivity contribution in [2.75, 3.05) is 12.5 Å². The SMILES string of the molecule is O=C(CC1CSc2nc3c(cnn3-c3ccccc3)c(=O)n21)NCc1ccc2c(c1)OCO2. The van der Waals surface area contributed by atoms with Crippen LogP contribution in [0.15, 0.2) is 64.7 Å². The summed E-state index contributed by atoms with van der Waals surface area (Å²) in [5.74, 6) is 1.88. The normalized spacial score (nSPS) is 16.2. The zero-order valence-electron chi connectivity index (χ0n) is 17.4. The zero-order valence-corrected chi connectivity index (χ0v) is 18.2. The molecule has 0 saturated heterocycles. The third kappa shape index (κ3) is 3.52. The molecule has 2 aromatic carbocycles. The Morgan fingerprint density at radius 2 is 2.00 bits per heavy atom. The third-order valence-corrected chi connectivity index (χ3v) is 6.82. The van der Waals surface area contributed by atoms with Gasteiger partial charge in [0, 0.05) is 18.7 Å². The lowest BCUT2D eigenvalue weighted by Crippen LogP contribution is -2.30. The van der Waals surface area contributed by atoms with Gasteiger partial charge < -0.3 is 14.8 Å². The number of fused-ring (bicyclic) bond motifs is 3. The number of carbonyl (C=O) groups is 1. The second-order valence-electron chi connectivity index (χ2n) is 7.83. The van der Waals surface area contributed by atoms with E-state index in [-0.39, 0.29) is 30.7 Å². The predicted molar refractivity (Wildman–Crippen MR) is 122 cm³/mol. The number of thioether (sulfide) groups is 1. The Balaban J connectivity index is 1.20. The summed E-state index contributed by atoms with van der Waals surface area (Å²) >= 11 is 1.48. The summed E-state index contributed by atoms with van der Waals surface area (Å²) in [4.78, 5) is 30.6. The van der Waals surface area contributed by atoms with Crippen LogP contribution in [0.5, 0.6) is 11.5 Å². The van der Waals surface area contributed by atoms with E-state index in [0.717, 1.165) is 11.3 Å². The molecule has 1 unspecified atom stereocenters. The van der Waals surface area contributed by atoms with E-state index in [4.69, 9.17) is 14.5 Å². The Morgan fingerprint density at radius 3 is 2.88 bits per heavy atom. The molecule has 0 aliphatic carbocycles. The smallest absolute Gasteiger partial charge is 0.265 e. The van der Waals surface area contributed by atoms with E-state index in [1.54, 1.807) is 15.4 Å². The first-order valence-corrected chi connectivity index (χ1v) is 11.5. The third-order valence-electron chi connectivity index (χ3n) is 5.72. The molecule has 0 saturated carbocycles. The van der Waals surface area contributed by atoms with Crippen LogP contribution in [0.2, 0.25) is 0 Å². The number of nitrogens with zero attached hydrogens (tertiary/aromatic N) is 4. The number of carbonyl (C=O) groups excluding carboxylic acids is 1. The molecule has 4 aromatic rings. The number of benzene rings is 2. The molecule has 9 nitrogen and oxygen atoms in total. The topological polar surface area (TPSA) is 100 Å². The molecule has 2 aliphatic heterocycles. The van der Waals surface area contributed by atoms with E-state index in [0.29, 0.717) is 40.0 Å². The van der Waals surface area contributed by atoms with Crippen molar-refractivity contribution in [3.63, 3.8) is 0 Å². The number of hydrogen-bond acceptors (Lipinski definition) is 7. The minimum absolute atomic E-state index is 0.127. The molecule has 2 aromatic heterocycles. The van der Waals surface area contributed by atoms with Crippen LogP contribution in [0.25, 0.3) is 16.7 Å². The first kappa shape index (κ1) is 19.9. The summed E-state index contributed by atoms with van der Waals surface area (Å²) in [7, 11) is 0. The van der Waals surface area contributed by atoms with Gasteiger partial charge >= 0.3 is 0 Å². The molecule has 0 bridgehead atoms. The fourth-order valence-electron chi connectivity index (χ4n) is 4.08. The van der Waals surface area contributed by atoms with Crippen LogP contribution >= 0.6 is 11.8 Å². The van der Waals surface area contributed by atoms with Crippen LogP contribution in [-0.2, 0) is 11.3 Å². The summed E-state index contributed by atoms with van der Waals surface area (Å²) in [5.41, 5.74) is 2.11. The first-order valence-electron chi connectivity index (χ1n) is 10.5. The first-order chi connectivity index (χ1) is 16.2. The Hall–Kier alpha value is -3.79. The standard InChI is InChI=1S/C23H19N5O4S/c29-20(24-10-14-6-7-18-19(8-14)32-13-31-18)9-16-12-33-23-26-21-17(22(30)27(16)23)11-25-28(21)15-4-2-1-3-5-15/h1-8,11,16H,9-10,12-13H2,(H,24,29). The average Bonchev–Trinajstić information content (AvgIpc) is 3.57. The molecular weight excluding hydrogens is 442 g/mol. The highest BCUT2D eigenvalue weighted by Gasteiger charge is 2.29. The molecular formula is C23H19N5O4S. The lowest BCUT2D eigenvalue weighted by Gasteiger charge is -2.13. The Kier molecular flexibility index (Phi) is 4.79. The van der Waals surface area contributed by atoms with Gasteiger partial charge in [-0.3, -0.25) is 14.2 Å². The van der Waals surface area contributed by atoms with Gasteiger partial charge in [-0.2, -0.15) is 5.10 Å². The average molecular weight is 462 g/mol. The van der Waals surface area contributed by atoms with E-state index in [9.17, 15) is 9.59 Å². The van der Waals surface area contributed by atoms with Crippen LogP contribution in [0.4, 0.5) is 0 Å². The van der Waals surface area contributed by atoms with Gasteiger partial charge in [0.2, 0.25) is 12.7 Å². The van der Waals surface area contributed by atoms with Gasteiger partial charge in [0.25, 0.3) is 5.56 Å². The number of ether oxygens (including phenoxy) is 2. The van der Waals surface area contributed by atoms with E-state index in [2.05, 4.69) is 10.4 Å². The molecule has 166 valence electrons. The van der Waals surface area contributed by atoms with Crippen molar-refractivity contribution >= 4 is 28.7 Å². The van der Waals surface area contributed by atoms with E-state index < -0.39 is 0 Å². The van der Waals surface area contributed by atoms with Gasteiger partial charge in [0.05, 0.1) is 17.9 Å². The van der Waals surface area contributed by atoms with Crippen molar-refractivity contribution in [2.24, 2.45) is 0 Å². The summed E-state index contributed by atoms with van der Waals surface area (Å²) in [6, 6.07) is 14.9. The van der Waals surface area contributed by atoms with E-state index in [1.165, 1.54) is 11.8 Å². The quantitative estimate of drug-likeness (QED) is 0.456. The van der Waals surface area contributed by atoms with Crippen LogP contribution < -0.4 is 20.3 Å². The van der Waals surface area contributed by atoms with Crippen molar-refractivity contribution in [2.45, 2.75) is 24.2 Å². The van der Waals surface area contributed by atoms with Gasteiger partial charge in [0.15, 0.2) is 22.3 Å². The van der Waals surface area contributed by atoms with Crippen molar-refractivity contribution in [3.05, 3.63) is 70.6 Å². The fraction of sp³-hybridized carbons (Fsp3) is 0.217. The Bertz CT molecular complexity index is 1430. The molecule has 0 fully saturated rings. The van der Waals surface area contributed by atoms with Crippen molar-refractivity contribution < 1.29 is 14.3 Å². The molecule has 0 spiro atoms. The fourth-order valence-corrected chi connectivity index (χ4v) is 5.21. The highest BCUT2D eigenvalue weighted by atomic mass is 32.2. The molecule has 2 aliphatic rings. The summed E-state index contributed by atoms with van der Waals surface area (Å²) < 4.78 is 14.0. The van der Waals surface area contributed by atoms with Gasteiger partial charge in [-0.1, -0.05) is 36.0 Å². The maximum atomic E-state index is 13.2. The number of aromatic nitrogens is 4. The predicted octanol–water partition coefficient (Wildman–Crippen LogP) is 2.66. The second-order valence-corrected chi connectivity index (χ2v) is 8.82. The minimum Gasteiger partial charge on any atom is -0.454 e. The molecule has 1 amide bonds. The molecule has 4 heterocycles. The molecule has 10 heteroatoms. The Morgan fingerprint density at radius 1 is 1.15 bits per heavy atom. The minimum atomic E-state index is -0.258. The highest BCUT2D eigenvalue weighted by molar-refractivity contribution is 7.99. The number of nitrogens with one attached hydrogen (secondary N) is 1. The van der Waals surface area contributed by atoms with E-state index >= 15 is 0 Å². The van der Waals surface area contributed by atoms with Gasteiger partial charge in [-0.05, 0) is 29.8 Å². The highest BCUT2D eigenvalue weighted by Crippen LogP contribution is 2.34. The number of rotatable bonds is 5. The van der Waals surface area contributed by atoms with Gasteiger partial charge in [-0.25, -0.2) is 9.67 Å². The lowest BCUT2D eigenvalue weighted by molar-refractivity contribution is -0.121. The number of amides is 1. The van der Waals surface area contributed by atoms with Crippen LogP contribution in [0, 0.1) is 0 Å². The number of para-hydroxylation sites is 1. The monoisotopic (exact) mass is 461 g/mol. The maximum absolute atomic E-state index is 13.2. The number of hydrogen-bond donors (Lipinski definition) is 1. The molecule has 33 heavy (non-hydrogen) atoms. The van der Waals surface area contributed by atoms with Crippen molar-refractivity contribution in [1.29, 1.82) is 0 Å². The van der Waals surface area contributed by atoms with Crippen molar-refractivity contribution in [3.8, 4) is 17.2 Å². The lowest BCUT2D eigenvalue weighted by atomic mass is 10.2. The maximum Gasteiger partial charge on any atom is 0.265 e. The summed E-state index contributed by atoms with van der Waals surface area (Å²) in [6.07, 6.45) is 1.75. The Labute approximate surface area is 192 Å². The largest absolute Gasteiger partial charge is 0.454 e. The second kappa shape index (κ2) is 7.96. The van der Waals surface area contributed by atoms with Crippen LogP contribution in [-0.4, -0.2) is 37.8 Å².